The molecular weight excluding hydrogens is 296 g/mol. The highest BCUT2D eigenvalue weighted by atomic mass is 16.5. The van der Waals surface area contributed by atoms with Crippen molar-refractivity contribution >= 4 is 17.1 Å². The van der Waals surface area contributed by atoms with Crippen molar-refractivity contribution in [2.45, 2.75) is 19.8 Å². The monoisotopic (exact) mass is 318 g/mol. The van der Waals surface area contributed by atoms with Gasteiger partial charge in [-0.15, -0.1) is 0 Å². The molecular formula is C21H22N2O. The van der Waals surface area contributed by atoms with Crippen molar-refractivity contribution in [3.8, 4) is 11.5 Å². The van der Waals surface area contributed by atoms with Crippen molar-refractivity contribution in [2.24, 2.45) is 0 Å². The van der Waals surface area contributed by atoms with Gasteiger partial charge in [0.05, 0.1) is 0 Å². The molecule has 3 aromatic rings. The minimum atomic E-state index is 0.735. The van der Waals surface area contributed by atoms with E-state index in [0.29, 0.717) is 0 Å². The Morgan fingerprint density at radius 3 is 2.33 bits per heavy atom. The maximum atomic E-state index is 6.04. The molecule has 3 rings (SSSR count). The molecule has 0 amide bonds. The van der Waals surface area contributed by atoms with Crippen LogP contribution >= 0.6 is 0 Å². The largest absolute Gasteiger partial charge is 0.457 e. The SMILES string of the molecule is CCCc1cc(Nc2ccccc2)ccc1Oc1ccc(N)cc1. The summed E-state index contributed by atoms with van der Waals surface area (Å²) in [5, 5.41) is 3.43. The summed E-state index contributed by atoms with van der Waals surface area (Å²) >= 11 is 0. The second-order valence-electron chi connectivity index (χ2n) is 5.73. The van der Waals surface area contributed by atoms with E-state index in [1.165, 1.54) is 5.56 Å². The fraction of sp³-hybridized carbons (Fsp3) is 0.143. The molecule has 3 heteroatoms. The number of nitrogen functional groups attached to an aromatic ring is 1. The zero-order valence-corrected chi connectivity index (χ0v) is 13.8. The number of para-hydroxylation sites is 1. The fourth-order valence-electron chi connectivity index (χ4n) is 2.57. The summed E-state index contributed by atoms with van der Waals surface area (Å²) in [5.41, 5.74) is 9.79. The molecule has 0 radical (unpaired) electrons. The van der Waals surface area contributed by atoms with Crippen molar-refractivity contribution < 1.29 is 4.74 Å². The Bertz CT molecular complexity index is 783. The molecule has 0 spiro atoms. The van der Waals surface area contributed by atoms with Gasteiger partial charge in [-0.25, -0.2) is 0 Å². The number of ether oxygens (including phenoxy) is 1. The molecule has 0 saturated heterocycles. The first-order valence-corrected chi connectivity index (χ1v) is 8.23. The van der Waals surface area contributed by atoms with Gasteiger partial charge in [0.2, 0.25) is 0 Å². The topological polar surface area (TPSA) is 47.3 Å². The Kier molecular flexibility index (Phi) is 5.02. The molecule has 122 valence electrons. The number of benzene rings is 3. The minimum Gasteiger partial charge on any atom is -0.457 e. The molecule has 0 aliphatic rings. The molecule has 3 N–H and O–H groups in total. The lowest BCUT2D eigenvalue weighted by atomic mass is 10.1. The maximum absolute atomic E-state index is 6.04. The standard InChI is InChI=1S/C21H22N2O/c1-2-6-16-15-19(23-18-7-4-3-5-8-18)11-14-21(16)24-20-12-9-17(22)10-13-20/h3-5,7-15,23H,2,6,22H2,1H3. The lowest BCUT2D eigenvalue weighted by Crippen LogP contribution is -1.96. The number of anilines is 3. The summed E-state index contributed by atoms with van der Waals surface area (Å²) in [5.74, 6) is 1.69. The predicted octanol–water partition coefficient (Wildman–Crippen LogP) is 5.76. The van der Waals surface area contributed by atoms with Crippen LogP contribution in [-0.2, 0) is 6.42 Å². The number of hydrogen-bond acceptors (Lipinski definition) is 3. The van der Waals surface area contributed by atoms with Crippen LogP contribution in [-0.4, -0.2) is 0 Å². The summed E-state index contributed by atoms with van der Waals surface area (Å²) < 4.78 is 6.04. The summed E-state index contributed by atoms with van der Waals surface area (Å²) in [7, 11) is 0. The number of nitrogens with one attached hydrogen (secondary N) is 1. The summed E-state index contributed by atoms with van der Waals surface area (Å²) in [4.78, 5) is 0. The van der Waals surface area contributed by atoms with Crippen LogP contribution in [0.25, 0.3) is 0 Å². The Hall–Kier alpha value is -2.94. The maximum Gasteiger partial charge on any atom is 0.130 e. The van der Waals surface area contributed by atoms with E-state index >= 15 is 0 Å². The van der Waals surface area contributed by atoms with Gasteiger partial charge in [0.1, 0.15) is 11.5 Å². The minimum absolute atomic E-state index is 0.735. The van der Waals surface area contributed by atoms with Crippen LogP contribution in [0.2, 0.25) is 0 Å². The van der Waals surface area contributed by atoms with Gasteiger partial charge in [-0.1, -0.05) is 31.5 Å². The lowest BCUT2D eigenvalue weighted by Gasteiger charge is -2.14. The third kappa shape index (κ3) is 4.07. The van der Waals surface area contributed by atoms with E-state index in [4.69, 9.17) is 10.5 Å². The first-order valence-electron chi connectivity index (χ1n) is 8.23. The van der Waals surface area contributed by atoms with Crippen LogP contribution in [0.1, 0.15) is 18.9 Å². The molecule has 0 atom stereocenters. The van der Waals surface area contributed by atoms with E-state index in [1.54, 1.807) is 0 Å². The Balaban J connectivity index is 1.82. The average Bonchev–Trinajstić information content (AvgIpc) is 2.60. The van der Waals surface area contributed by atoms with Gasteiger partial charge in [0.15, 0.2) is 0 Å². The van der Waals surface area contributed by atoms with Crippen molar-refractivity contribution in [2.75, 3.05) is 11.1 Å². The van der Waals surface area contributed by atoms with E-state index in [9.17, 15) is 0 Å². The Morgan fingerprint density at radius 1 is 0.875 bits per heavy atom. The average molecular weight is 318 g/mol. The molecule has 0 aliphatic carbocycles. The molecule has 0 bridgehead atoms. The Labute approximate surface area is 143 Å². The van der Waals surface area contributed by atoms with Gasteiger partial charge >= 0.3 is 0 Å². The van der Waals surface area contributed by atoms with Crippen molar-refractivity contribution in [1.29, 1.82) is 0 Å². The summed E-state index contributed by atoms with van der Waals surface area (Å²) in [6.07, 6.45) is 2.03. The number of aryl methyl sites for hydroxylation is 1. The lowest BCUT2D eigenvalue weighted by molar-refractivity contribution is 0.476. The molecule has 0 unspecified atom stereocenters. The molecule has 0 aliphatic heterocycles. The zero-order chi connectivity index (χ0) is 16.8. The Morgan fingerprint density at radius 2 is 1.62 bits per heavy atom. The van der Waals surface area contributed by atoms with Crippen LogP contribution in [0.3, 0.4) is 0 Å². The summed E-state index contributed by atoms with van der Waals surface area (Å²) in [6.45, 7) is 2.17. The normalized spacial score (nSPS) is 10.4. The molecule has 0 saturated carbocycles. The first-order chi connectivity index (χ1) is 11.7. The van der Waals surface area contributed by atoms with E-state index in [0.717, 1.165) is 41.4 Å². The summed E-state index contributed by atoms with van der Waals surface area (Å²) in [6, 6.07) is 23.9. The molecule has 0 heterocycles. The molecule has 0 fully saturated rings. The molecule has 24 heavy (non-hydrogen) atoms. The van der Waals surface area contributed by atoms with Crippen LogP contribution in [0, 0.1) is 0 Å². The molecule has 0 aromatic heterocycles. The smallest absolute Gasteiger partial charge is 0.130 e. The van der Waals surface area contributed by atoms with Gasteiger partial charge in [-0.3, -0.25) is 0 Å². The van der Waals surface area contributed by atoms with E-state index in [2.05, 4.69) is 30.4 Å². The van der Waals surface area contributed by atoms with Gasteiger partial charge in [-0.05, 0) is 66.6 Å². The van der Waals surface area contributed by atoms with Crippen LogP contribution in [0.4, 0.5) is 17.1 Å². The second kappa shape index (κ2) is 7.55. The van der Waals surface area contributed by atoms with E-state index in [-0.39, 0.29) is 0 Å². The predicted molar refractivity (Wildman–Crippen MR) is 101 cm³/mol. The van der Waals surface area contributed by atoms with Crippen molar-refractivity contribution in [1.82, 2.24) is 0 Å². The third-order valence-electron chi connectivity index (χ3n) is 3.75. The van der Waals surface area contributed by atoms with Gasteiger partial charge < -0.3 is 15.8 Å². The van der Waals surface area contributed by atoms with Crippen LogP contribution in [0.5, 0.6) is 11.5 Å². The van der Waals surface area contributed by atoms with Crippen LogP contribution < -0.4 is 15.8 Å². The fourth-order valence-corrected chi connectivity index (χ4v) is 2.57. The highest BCUT2D eigenvalue weighted by Gasteiger charge is 2.07. The zero-order valence-electron chi connectivity index (χ0n) is 13.8. The van der Waals surface area contributed by atoms with Crippen LogP contribution in [0.15, 0.2) is 72.8 Å². The number of nitrogens with two attached hydrogens (primary N) is 1. The molecule has 3 nitrogen and oxygen atoms in total. The van der Waals surface area contributed by atoms with Gasteiger partial charge in [-0.2, -0.15) is 0 Å². The van der Waals surface area contributed by atoms with Crippen molar-refractivity contribution in [3.05, 3.63) is 78.4 Å². The van der Waals surface area contributed by atoms with Gasteiger partial charge in [0.25, 0.3) is 0 Å². The van der Waals surface area contributed by atoms with Gasteiger partial charge in [0, 0.05) is 17.1 Å². The highest BCUT2D eigenvalue weighted by molar-refractivity contribution is 5.62. The molecule has 3 aromatic carbocycles. The van der Waals surface area contributed by atoms with E-state index in [1.807, 2.05) is 54.6 Å². The second-order valence-corrected chi connectivity index (χ2v) is 5.73. The highest BCUT2D eigenvalue weighted by Crippen LogP contribution is 2.30. The number of rotatable bonds is 6. The third-order valence-corrected chi connectivity index (χ3v) is 3.75. The van der Waals surface area contributed by atoms with Crippen molar-refractivity contribution in [3.63, 3.8) is 0 Å². The van der Waals surface area contributed by atoms with E-state index < -0.39 is 0 Å². The number of hydrogen-bond donors (Lipinski definition) is 2. The first kappa shape index (κ1) is 15.9. The quantitative estimate of drug-likeness (QED) is 0.568.